The van der Waals surface area contributed by atoms with Gasteiger partial charge in [0.1, 0.15) is 6.04 Å². The molecule has 0 unspecified atom stereocenters. The van der Waals surface area contributed by atoms with Crippen LogP contribution in [0.1, 0.15) is 17.5 Å². The maximum absolute atomic E-state index is 12.1. The zero-order chi connectivity index (χ0) is 16.3. The average Bonchev–Trinajstić information content (AvgIpc) is 2.82. The van der Waals surface area contributed by atoms with Gasteiger partial charge in [-0.15, -0.1) is 0 Å². The Balaban J connectivity index is 1.93. The van der Waals surface area contributed by atoms with Gasteiger partial charge in [0.05, 0.1) is 7.11 Å². The Hall–Kier alpha value is -2.08. The number of urea groups is 1. The molecule has 0 spiro atoms. The molecule has 0 aliphatic carbocycles. The van der Waals surface area contributed by atoms with Gasteiger partial charge in [-0.05, 0) is 44.5 Å². The highest BCUT2D eigenvalue weighted by Gasteiger charge is 2.35. The molecule has 6 heteroatoms. The summed E-state index contributed by atoms with van der Waals surface area (Å²) in [7, 11) is 3.23. The fourth-order valence-electron chi connectivity index (χ4n) is 2.73. The van der Waals surface area contributed by atoms with Crippen molar-refractivity contribution in [3.8, 4) is 0 Å². The zero-order valence-electron chi connectivity index (χ0n) is 13.5. The van der Waals surface area contributed by atoms with E-state index in [-0.39, 0.29) is 24.1 Å². The summed E-state index contributed by atoms with van der Waals surface area (Å²) >= 11 is 0. The maximum Gasteiger partial charge on any atom is 0.323 e. The largest absolute Gasteiger partial charge is 0.468 e. The fourth-order valence-corrected chi connectivity index (χ4v) is 2.73. The van der Waals surface area contributed by atoms with Gasteiger partial charge in [-0.25, -0.2) is 4.79 Å². The van der Waals surface area contributed by atoms with Gasteiger partial charge in [0.25, 0.3) is 0 Å². The van der Waals surface area contributed by atoms with E-state index in [0.29, 0.717) is 13.0 Å². The standard InChI is InChI=1S/C16H23N3O3/c1-10-5-6-11(2)13(7-10)18-16(21)17-12-8-14(15(20)22-4)19(3)9-12/h5-7,12,14H,8-9H2,1-4H3,(H2,17,18,21)/t12-,14+/m1/s1. The highest BCUT2D eigenvalue weighted by atomic mass is 16.5. The number of aryl methyl sites for hydroxylation is 2. The Morgan fingerprint density at radius 3 is 2.73 bits per heavy atom. The summed E-state index contributed by atoms with van der Waals surface area (Å²) in [6.07, 6.45) is 0.559. The number of anilines is 1. The molecular weight excluding hydrogens is 282 g/mol. The van der Waals surface area contributed by atoms with Crippen LogP contribution in [0.25, 0.3) is 0 Å². The van der Waals surface area contributed by atoms with E-state index < -0.39 is 0 Å². The minimum absolute atomic E-state index is 0.0702. The van der Waals surface area contributed by atoms with Crippen LogP contribution in [0.3, 0.4) is 0 Å². The summed E-state index contributed by atoms with van der Waals surface area (Å²) in [4.78, 5) is 25.7. The molecule has 2 rings (SSSR count). The number of rotatable bonds is 3. The first-order chi connectivity index (χ1) is 10.4. The third kappa shape index (κ3) is 3.76. The first-order valence-corrected chi connectivity index (χ1v) is 7.33. The molecule has 22 heavy (non-hydrogen) atoms. The molecule has 0 saturated carbocycles. The molecule has 1 aliphatic heterocycles. The molecule has 2 amide bonds. The Morgan fingerprint density at radius 2 is 2.05 bits per heavy atom. The van der Waals surface area contributed by atoms with Crippen molar-refractivity contribution in [1.82, 2.24) is 10.2 Å². The van der Waals surface area contributed by atoms with Crippen LogP contribution < -0.4 is 10.6 Å². The van der Waals surface area contributed by atoms with Gasteiger partial charge in [-0.2, -0.15) is 0 Å². The van der Waals surface area contributed by atoms with Crippen LogP contribution >= 0.6 is 0 Å². The number of carbonyl (C=O) groups excluding carboxylic acids is 2. The number of benzene rings is 1. The second-order valence-corrected chi connectivity index (χ2v) is 5.83. The third-order valence-electron chi connectivity index (χ3n) is 4.00. The number of amides is 2. The van der Waals surface area contributed by atoms with E-state index in [1.165, 1.54) is 7.11 Å². The Labute approximate surface area is 130 Å². The molecule has 2 atom stereocenters. The van der Waals surface area contributed by atoms with Crippen molar-refractivity contribution >= 4 is 17.7 Å². The van der Waals surface area contributed by atoms with E-state index in [0.717, 1.165) is 16.8 Å². The van der Waals surface area contributed by atoms with Gasteiger partial charge in [0.15, 0.2) is 0 Å². The molecule has 6 nitrogen and oxygen atoms in total. The predicted octanol–water partition coefficient (Wildman–Crippen LogP) is 1.67. The number of likely N-dealkylation sites (N-methyl/N-ethyl adjacent to an activating group) is 1. The zero-order valence-corrected chi connectivity index (χ0v) is 13.5. The van der Waals surface area contributed by atoms with Crippen molar-refractivity contribution in [3.05, 3.63) is 29.3 Å². The second kappa shape index (κ2) is 6.79. The molecule has 1 fully saturated rings. The average molecular weight is 305 g/mol. The topological polar surface area (TPSA) is 70.7 Å². The quantitative estimate of drug-likeness (QED) is 0.833. The van der Waals surface area contributed by atoms with E-state index in [4.69, 9.17) is 4.74 Å². The second-order valence-electron chi connectivity index (χ2n) is 5.83. The van der Waals surface area contributed by atoms with Crippen LogP contribution in [0.4, 0.5) is 10.5 Å². The summed E-state index contributed by atoms with van der Waals surface area (Å²) in [5, 5.41) is 5.78. The number of ether oxygens (including phenoxy) is 1. The van der Waals surface area contributed by atoms with Crippen molar-refractivity contribution in [3.63, 3.8) is 0 Å². The van der Waals surface area contributed by atoms with E-state index in [9.17, 15) is 9.59 Å². The van der Waals surface area contributed by atoms with Crippen LogP contribution in [0.5, 0.6) is 0 Å². The normalized spacial score (nSPS) is 21.5. The number of esters is 1. The fraction of sp³-hybridized carbons (Fsp3) is 0.500. The molecule has 0 bridgehead atoms. The molecule has 0 aromatic heterocycles. The molecular formula is C16H23N3O3. The van der Waals surface area contributed by atoms with Gasteiger partial charge >= 0.3 is 12.0 Å². The molecule has 1 saturated heterocycles. The first kappa shape index (κ1) is 16.3. The van der Waals surface area contributed by atoms with Crippen LogP contribution in [-0.2, 0) is 9.53 Å². The number of likely N-dealkylation sites (tertiary alicyclic amines) is 1. The number of methoxy groups -OCH3 is 1. The Kier molecular flexibility index (Phi) is 5.03. The SMILES string of the molecule is COC(=O)[C@@H]1C[C@@H](NC(=O)Nc2cc(C)ccc2C)CN1C. The lowest BCUT2D eigenvalue weighted by atomic mass is 10.1. The lowest BCUT2D eigenvalue weighted by molar-refractivity contribution is -0.145. The molecule has 1 aromatic rings. The van der Waals surface area contributed by atoms with Crippen molar-refractivity contribution < 1.29 is 14.3 Å². The number of nitrogens with zero attached hydrogens (tertiary/aromatic N) is 1. The summed E-state index contributed by atoms with van der Waals surface area (Å²) in [6, 6.07) is 5.30. The number of carbonyl (C=O) groups is 2. The molecule has 0 radical (unpaired) electrons. The van der Waals surface area contributed by atoms with Crippen LogP contribution in [0, 0.1) is 13.8 Å². The van der Waals surface area contributed by atoms with Gasteiger partial charge in [-0.1, -0.05) is 12.1 Å². The minimum Gasteiger partial charge on any atom is -0.468 e. The van der Waals surface area contributed by atoms with Gasteiger partial charge < -0.3 is 15.4 Å². The lowest BCUT2D eigenvalue weighted by Crippen LogP contribution is -2.39. The summed E-state index contributed by atoms with van der Waals surface area (Å²) in [5.41, 5.74) is 2.90. The predicted molar refractivity (Wildman–Crippen MR) is 84.9 cm³/mol. The minimum atomic E-state index is -0.295. The van der Waals surface area contributed by atoms with Crippen LogP contribution in [0.15, 0.2) is 18.2 Å². The summed E-state index contributed by atoms with van der Waals surface area (Å²) < 4.78 is 4.77. The van der Waals surface area contributed by atoms with Crippen molar-refractivity contribution in [2.45, 2.75) is 32.4 Å². The molecule has 2 N–H and O–H groups in total. The molecule has 1 heterocycles. The van der Waals surface area contributed by atoms with Crippen molar-refractivity contribution in [2.24, 2.45) is 0 Å². The van der Waals surface area contributed by atoms with Crippen molar-refractivity contribution in [2.75, 3.05) is 26.0 Å². The Bertz CT molecular complexity index is 574. The number of hydrogen-bond acceptors (Lipinski definition) is 4. The van der Waals surface area contributed by atoms with E-state index in [2.05, 4.69) is 10.6 Å². The van der Waals surface area contributed by atoms with E-state index in [1.54, 1.807) is 0 Å². The molecule has 1 aliphatic rings. The monoisotopic (exact) mass is 305 g/mol. The third-order valence-corrected chi connectivity index (χ3v) is 4.00. The maximum atomic E-state index is 12.1. The van der Waals surface area contributed by atoms with E-state index in [1.807, 2.05) is 44.0 Å². The van der Waals surface area contributed by atoms with E-state index >= 15 is 0 Å². The molecule has 1 aromatic carbocycles. The highest BCUT2D eigenvalue weighted by molar-refractivity contribution is 5.90. The van der Waals surface area contributed by atoms with Gasteiger partial charge in [0, 0.05) is 18.3 Å². The number of nitrogens with one attached hydrogen (secondary N) is 2. The van der Waals surface area contributed by atoms with Crippen LogP contribution in [-0.4, -0.2) is 49.7 Å². The van der Waals surface area contributed by atoms with Crippen molar-refractivity contribution in [1.29, 1.82) is 0 Å². The van der Waals surface area contributed by atoms with Gasteiger partial charge in [0.2, 0.25) is 0 Å². The highest BCUT2D eigenvalue weighted by Crippen LogP contribution is 2.18. The smallest absolute Gasteiger partial charge is 0.323 e. The Morgan fingerprint density at radius 1 is 1.32 bits per heavy atom. The number of hydrogen-bond donors (Lipinski definition) is 2. The molecule has 120 valence electrons. The van der Waals surface area contributed by atoms with Gasteiger partial charge in [-0.3, -0.25) is 9.69 Å². The first-order valence-electron chi connectivity index (χ1n) is 7.33. The summed E-state index contributed by atoms with van der Waals surface area (Å²) in [6.45, 7) is 4.56. The lowest BCUT2D eigenvalue weighted by Gasteiger charge is -2.15. The van der Waals surface area contributed by atoms with Crippen LogP contribution in [0.2, 0.25) is 0 Å². The summed E-state index contributed by atoms with van der Waals surface area (Å²) in [5.74, 6) is -0.262.